The molecule has 1 aliphatic heterocycles. The highest BCUT2D eigenvalue weighted by Crippen LogP contribution is 2.25. The number of hydrogen-bond acceptors (Lipinski definition) is 3. The smallest absolute Gasteiger partial charge is 0.321 e. The van der Waals surface area contributed by atoms with Crippen LogP contribution in [0.3, 0.4) is 0 Å². The van der Waals surface area contributed by atoms with Crippen LogP contribution in [0.1, 0.15) is 24.8 Å². The molecule has 3 rings (SSSR count). The average Bonchev–Trinajstić information content (AvgIpc) is 2.96. The normalized spacial score (nSPS) is 25.6. The lowest BCUT2D eigenvalue weighted by Gasteiger charge is -2.39. The van der Waals surface area contributed by atoms with E-state index in [0.717, 1.165) is 43.6 Å². The Morgan fingerprint density at radius 1 is 1.26 bits per heavy atom. The lowest BCUT2D eigenvalue weighted by molar-refractivity contribution is 0.0447. The first-order chi connectivity index (χ1) is 11.0. The van der Waals surface area contributed by atoms with E-state index in [1.165, 1.54) is 0 Å². The number of piperazine rings is 1. The molecule has 1 saturated heterocycles. The van der Waals surface area contributed by atoms with E-state index in [1.807, 2.05) is 24.0 Å². The fourth-order valence-corrected chi connectivity index (χ4v) is 3.79. The van der Waals surface area contributed by atoms with E-state index in [2.05, 4.69) is 10.2 Å². The number of aryl methyl sites for hydroxylation is 1. The monoisotopic (exact) mass is 337 g/mol. The van der Waals surface area contributed by atoms with E-state index in [4.69, 9.17) is 11.6 Å². The molecule has 1 heterocycles. The van der Waals surface area contributed by atoms with Crippen molar-refractivity contribution in [2.75, 3.05) is 31.5 Å². The molecule has 2 N–H and O–H groups in total. The van der Waals surface area contributed by atoms with E-state index in [-0.39, 0.29) is 18.2 Å². The van der Waals surface area contributed by atoms with Gasteiger partial charge in [-0.2, -0.15) is 0 Å². The van der Waals surface area contributed by atoms with Crippen molar-refractivity contribution in [3.8, 4) is 0 Å². The van der Waals surface area contributed by atoms with Crippen molar-refractivity contribution in [1.82, 2.24) is 9.80 Å². The first kappa shape index (κ1) is 16.6. The van der Waals surface area contributed by atoms with Gasteiger partial charge < -0.3 is 15.3 Å². The maximum atomic E-state index is 12.4. The molecule has 6 heteroatoms. The quantitative estimate of drug-likeness (QED) is 0.872. The Hall–Kier alpha value is -1.30. The Kier molecular flexibility index (Phi) is 5.09. The van der Waals surface area contributed by atoms with Gasteiger partial charge in [-0.25, -0.2) is 4.79 Å². The van der Waals surface area contributed by atoms with Gasteiger partial charge >= 0.3 is 6.03 Å². The predicted molar refractivity (Wildman–Crippen MR) is 92.0 cm³/mol. The summed E-state index contributed by atoms with van der Waals surface area (Å²) >= 11 is 5.94. The number of urea groups is 1. The van der Waals surface area contributed by atoms with Crippen molar-refractivity contribution in [2.45, 2.75) is 38.3 Å². The minimum Gasteiger partial charge on any atom is -0.391 e. The van der Waals surface area contributed by atoms with Crippen molar-refractivity contribution in [2.24, 2.45) is 0 Å². The Morgan fingerprint density at radius 3 is 2.61 bits per heavy atom. The summed E-state index contributed by atoms with van der Waals surface area (Å²) in [4.78, 5) is 16.6. The number of rotatable bonds is 2. The standard InChI is InChI=1S/C17H24ClN3O2/c1-12-11-13(18)5-6-14(12)19-17(23)21-9-7-20(8-10-21)15-3-2-4-16(15)22/h5-6,11,15-16,22H,2-4,7-10H2,1H3,(H,19,23)/t15-,16+/m1/s1. The predicted octanol–water partition coefficient (Wildman–Crippen LogP) is 2.71. The fourth-order valence-electron chi connectivity index (χ4n) is 3.57. The third-order valence-corrected chi connectivity index (χ3v) is 5.18. The molecule has 0 bridgehead atoms. The number of nitrogens with one attached hydrogen (secondary N) is 1. The van der Waals surface area contributed by atoms with E-state index in [0.29, 0.717) is 18.1 Å². The minimum atomic E-state index is -0.202. The lowest BCUT2D eigenvalue weighted by atomic mass is 10.1. The largest absolute Gasteiger partial charge is 0.391 e. The highest BCUT2D eigenvalue weighted by Gasteiger charge is 2.33. The van der Waals surface area contributed by atoms with Crippen molar-refractivity contribution in [3.05, 3.63) is 28.8 Å². The van der Waals surface area contributed by atoms with Crippen LogP contribution >= 0.6 is 11.6 Å². The fraction of sp³-hybridized carbons (Fsp3) is 0.588. The molecule has 1 aliphatic carbocycles. The summed E-state index contributed by atoms with van der Waals surface area (Å²) in [5, 5.41) is 13.7. The van der Waals surface area contributed by atoms with Crippen LogP contribution in [-0.4, -0.2) is 59.3 Å². The lowest BCUT2D eigenvalue weighted by Crippen LogP contribution is -2.54. The molecule has 1 aromatic carbocycles. The van der Waals surface area contributed by atoms with Gasteiger partial charge in [0.2, 0.25) is 0 Å². The van der Waals surface area contributed by atoms with Gasteiger partial charge in [-0.15, -0.1) is 0 Å². The molecule has 5 nitrogen and oxygen atoms in total. The minimum absolute atomic E-state index is 0.0676. The SMILES string of the molecule is Cc1cc(Cl)ccc1NC(=O)N1CCN([C@@H]2CCC[C@@H]2O)CC1. The summed E-state index contributed by atoms with van der Waals surface area (Å²) in [5.41, 5.74) is 1.76. The van der Waals surface area contributed by atoms with Gasteiger partial charge in [-0.05, 0) is 49.9 Å². The third kappa shape index (κ3) is 3.79. The van der Waals surface area contributed by atoms with Crippen molar-refractivity contribution in [3.63, 3.8) is 0 Å². The number of halogens is 1. The van der Waals surface area contributed by atoms with E-state index >= 15 is 0 Å². The van der Waals surface area contributed by atoms with Crippen LogP contribution in [0.5, 0.6) is 0 Å². The van der Waals surface area contributed by atoms with Crippen molar-refractivity contribution >= 4 is 23.3 Å². The third-order valence-electron chi connectivity index (χ3n) is 4.94. The van der Waals surface area contributed by atoms with E-state index in [1.54, 1.807) is 6.07 Å². The first-order valence-corrected chi connectivity index (χ1v) is 8.66. The zero-order valence-electron chi connectivity index (χ0n) is 13.5. The Morgan fingerprint density at radius 2 is 2.00 bits per heavy atom. The number of aliphatic hydroxyl groups is 1. The summed E-state index contributed by atoms with van der Waals surface area (Å²) in [5.74, 6) is 0. The number of benzene rings is 1. The summed E-state index contributed by atoms with van der Waals surface area (Å²) in [7, 11) is 0. The zero-order chi connectivity index (χ0) is 16.4. The molecule has 23 heavy (non-hydrogen) atoms. The molecule has 0 unspecified atom stereocenters. The van der Waals surface area contributed by atoms with Crippen molar-refractivity contribution < 1.29 is 9.90 Å². The number of amides is 2. The van der Waals surface area contributed by atoms with Crippen LogP contribution in [-0.2, 0) is 0 Å². The second-order valence-corrected chi connectivity index (χ2v) is 6.91. The van der Waals surface area contributed by atoms with Gasteiger partial charge in [-0.1, -0.05) is 11.6 Å². The molecule has 1 saturated carbocycles. The first-order valence-electron chi connectivity index (χ1n) is 8.29. The van der Waals surface area contributed by atoms with Crippen LogP contribution in [0.2, 0.25) is 5.02 Å². The maximum absolute atomic E-state index is 12.4. The van der Waals surface area contributed by atoms with Gasteiger partial charge in [0.1, 0.15) is 0 Å². The van der Waals surface area contributed by atoms with Gasteiger partial charge in [-0.3, -0.25) is 4.90 Å². The topological polar surface area (TPSA) is 55.8 Å². The Balaban J connectivity index is 1.54. The summed E-state index contributed by atoms with van der Waals surface area (Å²) in [6.45, 7) is 4.98. The molecule has 0 aromatic heterocycles. The number of carbonyl (C=O) groups excluding carboxylic acids is 1. The van der Waals surface area contributed by atoms with Crippen LogP contribution < -0.4 is 5.32 Å². The van der Waals surface area contributed by atoms with Gasteiger partial charge in [0.15, 0.2) is 0 Å². The molecule has 1 aromatic rings. The van der Waals surface area contributed by atoms with Gasteiger partial charge in [0.25, 0.3) is 0 Å². The molecular formula is C17H24ClN3O2. The van der Waals surface area contributed by atoms with Crippen molar-refractivity contribution in [1.29, 1.82) is 0 Å². The Bertz CT molecular complexity index is 573. The zero-order valence-corrected chi connectivity index (χ0v) is 14.2. The molecule has 2 aliphatic rings. The molecular weight excluding hydrogens is 314 g/mol. The van der Waals surface area contributed by atoms with Gasteiger partial charge in [0, 0.05) is 42.9 Å². The van der Waals surface area contributed by atoms with Gasteiger partial charge in [0.05, 0.1) is 6.10 Å². The van der Waals surface area contributed by atoms with E-state index in [9.17, 15) is 9.90 Å². The number of aliphatic hydroxyl groups excluding tert-OH is 1. The van der Waals surface area contributed by atoms with Crippen LogP contribution in [0.25, 0.3) is 0 Å². The number of anilines is 1. The van der Waals surface area contributed by atoms with Crippen LogP contribution in [0, 0.1) is 6.92 Å². The second-order valence-electron chi connectivity index (χ2n) is 6.48. The van der Waals surface area contributed by atoms with E-state index < -0.39 is 0 Å². The average molecular weight is 338 g/mol. The number of carbonyl (C=O) groups is 1. The molecule has 126 valence electrons. The molecule has 2 atom stereocenters. The summed E-state index contributed by atoms with van der Waals surface area (Å²) in [6, 6.07) is 5.67. The van der Waals surface area contributed by atoms with Crippen LogP contribution in [0.4, 0.5) is 10.5 Å². The number of nitrogens with zero attached hydrogens (tertiary/aromatic N) is 2. The summed E-state index contributed by atoms with van der Waals surface area (Å²) < 4.78 is 0. The molecule has 0 spiro atoms. The number of hydrogen-bond donors (Lipinski definition) is 2. The molecule has 2 amide bonds. The highest BCUT2D eigenvalue weighted by molar-refractivity contribution is 6.30. The molecule has 2 fully saturated rings. The summed E-state index contributed by atoms with van der Waals surface area (Å²) in [6.07, 6.45) is 2.87. The second kappa shape index (κ2) is 7.07. The maximum Gasteiger partial charge on any atom is 0.321 e. The highest BCUT2D eigenvalue weighted by atomic mass is 35.5. The van der Waals surface area contributed by atoms with Crippen LogP contribution in [0.15, 0.2) is 18.2 Å². The molecule has 0 radical (unpaired) electrons. The Labute approximate surface area is 142 Å².